The zero-order valence-corrected chi connectivity index (χ0v) is 7.24. The van der Waals surface area contributed by atoms with E-state index in [0.717, 1.165) is 6.42 Å². The van der Waals surface area contributed by atoms with E-state index in [1.165, 1.54) is 15.6 Å². The predicted octanol–water partition coefficient (Wildman–Crippen LogP) is 3.26. The van der Waals surface area contributed by atoms with E-state index in [2.05, 4.69) is 36.6 Å². The Kier molecular flexibility index (Phi) is 1.66. The van der Waals surface area contributed by atoms with Crippen LogP contribution in [0.4, 0.5) is 0 Å². The maximum Gasteiger partial charge on any atom is 0.0455 e. The summed E-state index contributed by atoms with van der Waals surface area (Å²) in [5.41, 5.74) is 1.41. The first-order valence-electron chi connectivity index (χ1n) is 3.78. The minimum Gasteiger partial charge on any atom is -0.134 e. The number of rotatable bonds is 1. The van der Waals surface area contributed by atoms with Crippen molar-refractivity contribution >= 4 is 21.4 Å². The third kappa shape index (κ3) is 1.16. The topological polar surface area (TPSA) is 0 Å². The molecule has 0 amide bonds. The Morgan fingerprint density at radius 2 is 2.36 bits per heavy atom. The van der Waals surface area contributed by atoms with E-state index in [4.69, 9.17) is 0 Å². The van der Waals surface area contributed by atoms with Gasteiger partial charge in [-0.3, -0.25) is 0 Å². The summed E-state index contributed by atoms with van der Waals surface area (Å²) < 4.78 is 1.34. The van der Waals surface area contributed by atoms with Crippen molar-refractivity contribution in [3.63, 3.8) is 0 Å². The first-order valence-corrected chi connectivity index (χ1v) is 4.60. The van der Waals surface area contributed by atoms with E-state index in [1.54, 1.807) is 11.3 Å². The molecule has 0 fully saturated rings. The zero-order valence-electron chi connectivity index (χ0n) is 6.42. The maximum absolute atomic E-state index is 3.13. The van der Waals surface area contributed by atoms with Crippen LogP contribution in [-0.2, 0) is 6.42 Å². The van der Waals surface area contributed by atoms with Crippen molar-refractivity contribution in [2.45, 2.75) is 13.3 Å². The fraction of sp³-hybridized carbons (Fsp3) is 0.200. The van der Waals surface area contributed by atoms with Crippen LogP contribution in [0.1, 0.15) is 12.5 Å². The summed E-state index contributed by atoms with van der Waals surface area (Å²) in [4.78, 5) is 0. The van der Waals surface area contributed by atoms with E-state index in [0.29, 0.717) is 0 Å². The van der Waals surface area contributed by atoms with Crippen LogP contribution in [0.25, 0.3) is 10.1 Å². The zero-order chi connectivity index (χ0) is 7.68. The molecule has 1 aromatic heterocycles. The molecule has 0 N–H and O–H groups in total. The largest absolute Gasteiger partial charge is 0.134 e. The maximum atomic E-state index is 3.13. The predicted molar refractivity (Wildman–Crippen MR) is 50.0 cm³/mol. The van der Waals surface area contributed by atoms with Crippen molar-refractivity contribution in [3.05, 3.63) is 35.2 Å². The van der Waals surface area contributed by atoms with Crippen LogP contribution in [0.2, 0.25) is 0 Å². The molecule has 0 aliphatic carbocycles. The molecular formula is C10H9S. The smallest absolute Gasteiger partial charge is 0.0455 e. The van der Waals surface area contributed by atoms with Gasteiger partial charge in [-0.1, -0.05) is 19.1 Å². The lowest BCUT2D eigenvalue weighted by atomic mass is 10.1. The molecule has 0 saturated heterocycles. The highest BCUT2D eigenvalue weighted by Gasteiger charge is 1.94. The average Bonchev–Trinajstić information content (AvgIpc) is 2.50. The van der Waals surface area contributed by atoms with Gasteiger partial charge in [-0.2, -0.15) is 0 Å². The Labute approximate surface area is 70.5 Å². The van der Waals surface area contributed by atoms with Gasteiger partial charge in [-0.05, 0) is 29.5 Å². The van der Waals surface area contributed by atoms with Crippen molar-refractivity contribution in [3.8, 4) is 0 Å². The fourth-order valence-electron chi connectivity index (χ4n) is 1.18. The molecule has 0 unspecified atom stereocenters. The van der Waals surface area contributed by atoms with Crippen LogP contribution in [0.15, 0.2) is 24.3 Å². The number of thiophene rings is 1. The highest BCUT2D eigenvalue weighted by atomic mass is 32.1. The molecule has 55 valence electrons. The van der Waals surface area contributed by atoms with Gasteiger partial charge in [-0.25, -0.2) is 0 Å². The lowest BCUT2D eigenvalue weighted by Crippen LogP contribution is -1.76. The summed E-state index contributed by atoms with van der Waals surface area (Å²) in [6.45, 7) is 2.18. The monoisotopic (exact) mass is 161 g/mol. The Morgan fingerprint density at radius 3 is 3.18 bits per heavy atom. The van der Waals surface area contributed by atoms with Crippen LogP contribution in [0.3, 0.4) is 0 Å². The van der Waals surface area contributed by atoms with Gasteiger partial charge in [0.1, 0.15) is 0 Å². The second-order valence-electron chi connectivity index (χ2n) is 2.59. The van der Waals surface area contributed by atoms with Gasteiger partial charge in [0.2, 0.25) is 0 Å². The third-order valence-corrected chi connectivity index (χ3v) is 2.69. The van der Waals surface area contributed by atoms with E-state index < -0.39 is 0 Å². The molecule has 0 nitrogen and oxygen atoms in total. The second-order valence-corrected chi connectivity index (χ2v) is 3.47. The summed E-state index contributed by atoms with van der Waals surface area (Å²) in [5.74, 6) is 0. The van der Waals surface area contributed by atoms with Crippen LogP contribution in [-0.4, -0.2) is 0 Å². The van der Waals surface area contributed by atoms with E-state index in [-0.39, 0.29) is 0 Å². The molecule has 0 saturated carbocycles. The number of fused-ring (bicyclic) bond motifs is 1. The van der Waals surface area contributed by atoms with Gasteiger partial charge in [0.15, 0.2) is 0 Å². The van der Waals surface area contributed by atoms with Gasteiger partial charge in [0.05, 0.1) is 0 Å². The van der Waals surface area contributed by atoms with Crippen LogP contribution >= 0.6 is 11.3 Å². The molecule has 0 aliphatic rings. The standard InChI is InChI=1S/C10H9S/c1-2-8-3-4-10-9(7-8)5-6-11-10/h3-5,7H,2H2,1H3. The van der Waals surface area contributed by atoms with E-state index in [1.807, 2.05) is 0 Å². The van der Waals surface area contributed by atoms with Crippen LogP contribution in [0.5, 0.6) is 0 Å². The van der Waals surface area contributed by atoms with E-state index >= 15 is 0 Å². The Balaban J connectivity index is 2.67. The SMILES string of the molecule is CCc1ccc2s[c]cc2c1. The van der Waals surface area contributed by atoms with Crippen molar-refractivity contribution in [1.82, 2.24) is 0 Å². The summed E-state index contributed by atoms with van der Waals surface area (Å²) >= 11 is 1.68. The molecule has 2 aromatic rings. The lowest BCUT2D eigenvalue weighted by Gasteiger charge is -1.94. The normalized spacial score (nSPS) is 10.6. The quantitative estimate of drug-likeness (QED) is 0.602. The van der Waals surface area contributed by atoms with Gasteiger partial charge in [0, 0.05) is 10.1 Å². The fourth-order valence-corrected chi connectivity index (χ4v) is 1.86. The molecule has 1 heterocycles. The van der Waals surface area contributed by atoms with Gasteiger partial charge in [0.25, 0.3) is 0 Å². The summed E-state index contributed by atoms with van der Waals surface area (Å²) in [5, 5.41) is 4.46. The molecular weight excluding hydrogens is 152 g/mol. The van der Waals surface area contributed by atoms with Crippen LogP contribution < -0.4 is 0 Å². The first kappa shape index (κ1) is 6.86. The van der Waals surface area contributed by atoms with Crippen LogP contribution in [0, 0.1) is 5.38 Å². The van der Waals surface area contributed by atoms with Gasteiger partial charge >= 0.3 is 0 Å². The summed E-state index contributed by atoms with van der Waals surface area (Å²) in [7, 11) is 0. The number of benzene rings is 1. The molecule has 0 aliphatic heterocycles. The Morgan fingerprint density at radius 1 is 1.45 bits per heavy atom. The summed E-state index contributed by atoms with van der Waals surface area (Å²) in [6.07, 6.45) is 1.12. The molecule has 1 radical (unpaired) electrons. The minimum atomic E-state index is 1.12. The van der Waals surface area contributed by atoms with Gasteiger partial charge in [-0.15, -0.1) is 11.3 Å². The number of hydrogen-bond acceptors (Lipinski definition) is 1. The number of aryl methyl sites for hydroxylation is 1. The molecule has 1 heteroatoms. The highest BCUT2D eigenvalue weighted by Crippen LogP contribution is 2.21. The number of hydrogen-bond donors (Lipinski definition) is 0. The average molecular weight is 161 g/mol. The van der Waals surface area contributed by atoms with Crippen molar-refractivity contribution in [2.75, 3.05) is 0 Å². The minimum absolute atomic E-state index is 1.12. The van der Waals surface area contributed by atoms with Crippen molar-refractivity contribution in [1.29, 1.82) is 0 Å². The molecule has 0 atom stereocenters. The van der Waals surface area contributed by atoms with Crippen molar-refractivity contribution in [2.24, 2.45) is 0 Å². The Hall–Kier alpha value is -0.820. The molecule has 0 spiro atoms. The third-order valence-electron chi connectivity index (χ3n) is 1.87. The summed E-state index contributed by atoms with van der Waals surface area (Å²) in [6, 6.07) is 8.66. The van der Waals surface area contributed by atoms with E-state index in [9.17, 15) is 0 Å². The molecule has 1 aromatic carbocycles. The molecule has 2 rings (SSSR count). The lowest BCUT2D eigenvalue weighted by molar-refractivity contribution is 1.15. The van der Waals surface area contributed by atoms with Gasteiger partial charge < -0.3 is 0 Å². The first-order chi connectivity index (χ1) is 5.40. The Bertz CT molecular complexity index is 360. The van der Waals surface area contributed by atoms with Crippen molar-refractivity contribution < 1.29 is 0 Å². The molecule has 0 bridgehead atoms. The second kappa shape index (κ2) is 2.67. The molecule has 11 heavy (non-hydrogen) atoms. The highest BCUT2D eigenvalue weighted by molar-refractivity contribution is 7.16.